The van der Waals surface area contributed by atoms with E-state index < -0.39 is 0 Å². The minimum atomic E-state index is -0.160. The number of piperazine rings is 1. The fraction of sp³-hybridized carbons (Fsp3) is 0.533. The van der Waals surface area contributed by atoms with E-state index in [1.165, 1.54) is 0 Å². The maximum absolute atomic E-state index is 12.7. The molecule has 2 aliphatic rings. The molecule has 0 saturated carbocycles. The van der Waals surface area contributed by atoms with Gasteiger partial charge in [-0.15, -0.1) is 0 Å². The number of fused-ring (bicyclic) bond motifs is 1. The standard InChI is InChI=1S/C15H21N3O2/c1-10-4-5-11(20-3)13-12(10)14(15(19)17(13)2)18-8-6-16-7-9-18/h4-5,14,16H,6-9H2,1-3H3. The molecule has 0 aromatic heterocycles. The number of nitrogens with one attached hydrogen (secondary N) is 1. The van der Waals surface area contributed by atoms with E-state index >= 15 is 0 Å². The SMILES string of the molecule is COc1ccc(C)c2c1N(C)C(=O)C2N1CCNCC1. The number of anilines is 1. The number of hydrogen-bond donors (Lipinski definition) is 1. The first kappa shape index (κ1) is 13.4. The third-order valence-electron chi connectivity index (χ3n) is 4.31. The molecule has 1 fully saturated rings. The molecule has 1 saturated heterocycles. The molecule has 1 aromatic rings. The Kier molecular flexibility index (Phi) is 3.40. The number of methoxy groups -OCH3 is 1. The van der Waals surface area contributed by atoms with Crippen LogP contribution >= 0.6 is 0 Å². The zero-order chi connectivity index (χ0) is 14.3. The van der Waals surface area contributed by atoms with Crippen molar-refractivity contribution in [3.05, 3.63) is 23.3 Å². The van der Waals surface area contributed by atoms with Gasteiger partial charge in [-0.1, -0.05) is 6.07 Å². The predicted molar refractivity (Wildman–Crippen MR) is 78.3 cm³/mol. The summed E-state index contributed by atoms with van der Waals surface area (Å²) in [5, 5.41) is 3.33. The van der Waals surface area contributed by atoms with Crippen molar-refractivity contribution >= 4 is 11.6 Å². The molecule has 5 heteroatoms. The summed E-state index contributed by atoms with van der Waals surface area (Å²) in [6.45, 7) is 5.75. The van der Waals surface area contributed by atoms with E-state index in [4.69, 9.17) is 4.74 Å². The van der Waals surface area contributed by atoms with Gasteiger partial charge in [0.25, 0.3) is 0 Å². The van der Waals surface area contributed by atoms with Crippen LogP contribution in [-0.2, 0) is 4.79 Å². The third kappa shape index (κ3) is 1.89. The van der Waals surface area contributed by atoms with Crippen LogP contribution in [-0.4, -0.2) is 51.1 Å². The average molecular weight is 275 g/mol. The van der Waals surface area contributed by atoms with E-state index in [1.54, 1.807) is 12.0 Å². The average Bonchev–Trinajstić information content (AvgIpc) is 2.74. The first-order valence-corrected chi connectivity index (χ1v) is 7.05. The minimum Gasteiger partial charge on any atom is -0.495 e. The fourth-order valence-electron chi connectivity index (χ4n) is 3.24. The Labute approximate surface area is 119 Å². The van der Waals surface area contributed by atoms with Crippen LogP contribution in [0.5, 0.6) is 5.75 Å². The number of carbonyl (C=O) groups excluding carboxylic acids is 1. The lowest BCUT2D eigenvalue weighted by atomic mass is 10.00. The van der Waals surface area contributed by atoms with Crippen LogP contribution in [0.3, 0.4) is 0 Å². The number of hydrogen-bond acceptors (Lipinski definition) is 4. The van der Waals surface area contributed by atoms with Gasteiger partial charge in [-0.3, -0.25) is 9.69 Å². The number of rotatable bonds is 2. The first-order chi connectivity index (χ1) is 9.65. The lowest BCUT2D eigenvalue weighted by Gasteiger charge is -2.32. The highest BCUT2D eigenvalue weighted by Crippen LogP contribution is 2.45. The molecule has 0 bridgehead atoms. The second-order valence-electron chi connectivity index (χ2n) is 5.43. The molecule has 1 amide bonds. The second kappa shape index (κ2) is 5.07. The summed E-state index contributed by atoms with van der Waals surface area (Å²) in [5.41, 5.74) is 3.20. The van der Waals surface area contributed by atoms with E-state index in [0.29, 0.717) is 0 Å². The quantitative estimate of drug-likeness (QED) is 0.872. The topological polar surface area (TPSA) is 44.8 Å². The fourth-order valence-corrected chi connectivity index (χ4v) is 3.24. The zero-order valence-electron chi connectivity index (χ0n) is 12.3. The van der Waals surface area contributed by atoms with Gasteiger partial charge in [0.1, 0.15) is 11.8 Å². The van der Waals surface area contributed by atoms with Gasteiger partial charge >= 0.3 is 0 Å². The summed E-state index contributed by atoms with van der Waals surface area (Å²) < 4.78 is 5.44. The Morgan fingerprint density at radius 2 is 2.00 bits per heavy atom. The Balaban J connectivity index is 2.09. The smallest absolute Gasteiger partial charge is 0.248 e. The van der Waals surface area contributed by atoms with Crippen molar-refractivity contribution in [1.82, 2.24) is 10.2 Å². The van der Waals surface area contributed by atoms with Crippen molar-refractivity contribution in [2.75, 3.05) is 45.2 Å². The Morgan fingerprint density at radius 1 is 1.30 bits per heavy atom. The van der Waals surface area contributed by atoms with Crippen molar-refractivity contribution in [2.45, 2.75) is 13.0 Å². The summed E-state index contributed by atoms with van der Waals surface area (Å²) in [6.07, 6.45) is 0. The summed E-state index contributed by atoms with van der Waals surface area (Å²) in [6, 6.07) is 3.82. The summed E-state index contributed by atoms with van der Waals surface area (Å²) >= 11 is 0. The maximum atomic E-state index is 12.7. The Hall–Kier alpha value is -1.59. The summed E-state index contributed by atoms with van der Waals surface area (Å²) in [4.78, 5) is 16.7. The van der Waals surface area contributed by atoms with Crippen LogP contribution in [0, 0.1) is 6.92 Å². The molecule has 20 heavy (non-hydrogen) atoms. The predicted octanol–water partition coefficient (Wildman–Crippen LogP) is 0.926. The molecular weight excluding hydrogens is 254 g/mol. The van der Waals surface area contributed by atoms with E-state index in [2.05, 4.69) is 17.1 Å². The van der Waals surface area contributed by atoms with E-state index in [9.17, 15) is 4.79 Å². The maximum Gasteiger partial charge on any atom is 0.248 e. The molecule has 2 heterocycles. The van der Waals surface area contributed by atoms with E-state index in [-0.39, 0.29) is 11.9 Å². The van der Waals surface area contributed by atoms with E-state index in [0.717, 1.165) is 48.7 Å². The molecular formula is C15H21N3O2. The number of nitrogens with zero attached hydrogens (tertiary/aromatic N) is 2. The molecule has 1 unspecified atom stereocenters. The summed E-state index contributed by atoms with van der Waals surface area (Å²) in [5.74, 6) is 0.925. The van der Waals surface area contributed by atoms with Gasteiger partial charge < -0.3 is 15.0 Å². The number of aryl methyl sites for hydroxylation is 1. The number of amides is 1. The van der Waals surface area contributed by atoms with Gasteiger partial charge in [0.2, 0.25) is 5.91 Å². The molecule has 0 spiro atoms. The molecule has 5 nitrogen and oxygen atoms in total. The Bertz CT molecular complexity index is 538. The van der Waals surface area contributed by atoms with Crippen molar-refractivity contribution in [1.29, 1.82) is 0 Å². The molecule has 108 valence electrons. The molecule has 1 N–H and O–H groups in total. The lowest BCUT2D eigenvalue weighted by Crippen LogP contribution is -2.47. The first-order valence-electron chi connectivity index (χ1n) is 7.05. The number of benzene rings is 1. The van der Waals surface area contributed by atoms with Crippen LogP contribution < -0.4 is 15.0 Å². The molecule has 0 aliphatic carbocycles. The van der Waals surface area contributed by atoms with Gasteiger partial charge in [0, 0.05) is 38.8 Å². The third-order valence-corrected chi connectivity index (χ3v) is 4.31. The van der Waals surface area contributed by atoms with Crippen LogP contribution in [0.2, 0.25) is 0 Å². The van der Waals surface area contributed by atoms with E-state index in [1.807, 2.05) is 19.2 Å². The van der Waals surface area contributed by atoms with Gasteiger partial charge in [-0.25, -0.2) is 0 Å². The van der Waals surface area contributed by atoms with Crippen LogP contribution in [0.1, 0.15) is 17.2 Å². The van der Waals surface area contributed by atoms with Gasteiger partial charge in [-0.05, 0) is 18.6 Å². The molecule has 2 aliphatic heterocycles. The highest BCUT2D eigenvalue weighted by molar-refractivity contribution is 6.06. The van der Waals surface area contributed by atoms with Crippen molar-refractivity contribution < 1.29 is 9.53 Å². The number of ether oxygens (including phenoxy) is 1. The zero-order valence-corrected chi connectivity index (χ0v) is 12.3. The van der Waals surface area contributed by atoms with Gasteiger partial charge in [0.15, 0.2) is 0 Å². The second-order valence-corrected chi connectivity index (χ2v) is 5.43. The molecule has 0 radical (unpaired) electrons. The number of carbonyl (C=O) groups is 1. The molecule has 3 rings (SSSR count). The van der Waals surface area contributed by atoms with Crippen molar-refractivity contribution in [2.24, 2.45) is 0 Å². The molecule has 1 aromatic carbocycles. The highest BCUT2D eigenvalue weighted by atomic mass is 16.5. The minimum absolute atomic E-state index is 0.148. The van der Waals surface area contributed by atoms with Crippen LogP contribution in [0.4, 0.5) is 5.69 Å². The largest absolute Gasteiger partial charge is 0.495 e. The molecule has 1 atom stereocenters. The van der Waals surface area contributed by atoms with Crippen molar-refractivity contribution in [3.63, 3.8) is 0 Å². The van der Waals surface area contributed by atoms with Crippen LogP contribution in [0.25, 0.3) is 0 Å². The monoisotopic (exact) mass is 275 g/mol. The van der Waals surface area contributed by atoms with Crippen LogP contribution in [0.15, 0.2) is 12.1 Å². The Morgan fingerprint density at radius 3 is 2.65 bits per heavy atom. The van der Waals surface area contributed by atoms with Crippen molar-refractivity contribution in [3.8, 4) is 5.75 Å². The lowest BCUT2D eigenvalue weighted by molar-refractivity contribution is -0.123. The summed E-state index contributed by atoms with van der Waals surface area (Å²) in [7, 11) is 3.49. The van der Waals surface area contributed by atoms with Gasteiger partial charge in [0.05, 0.1) is 12.8 Å². The highest BCUT2D eigenvalue weighted by Gasteiger charge is 2.42. The number of likely N-dealkylation sites (N-methyl/N-ethyl adjacent to an activating group) is 1. The normalized spacial score (nSPS) is 23.1. The van der Waals surface area contributed by atoms with Gasteiger partial charge in [-0.2, -0.15) is 0 Å².